The van der Waals surface area contributed by atoms with E-state index in [1.807, 2.05) is 0 Å². The quantitative estimate of drug-likeness (QED) is 0.694. The van der Waals surface area contributed by atoms with Crippen LogP contribution in [-0.4, -0.2) is 6.79 Å². The van der Waals surface area contributed by atoms with Gasteiger partial charge in [0.2, 0.25) is 6.79 Å². The fourth-order valence-electron chi connectivity index (χ4n) is 1.99. The number of benzene rings is 1. The molecule has 0 aliphatic carbocycles. The van der Waals surface area contributed by atoms with Gasteiger partial charge in [0.1, 0.15) is 11.7 Å². The van der Waals surface area contributed by atoms with E-state index in [0.29, 0.717) is 0 Å². The van der Waals surface area contributed by atoms with Crippen LogP contribution >= 0.6 is 0 Å². The minimum atomic E-state index is -4.87. The largest absolute Gasteiger partial charge is 0.454 e. The predicted molar refractivity (Wildman–Crippen MR) is 58.3 cm³/mol. The van der Waals surface area contributed by atoms with Crippen LogP contribution in [0.25, 0.3) is 11.0 Å². The number of hydrogen-bond donors (Lipinski definition) is 0. The number of ether oxygens (including phenoxy) is 2. The molecule has 0 N–H and O–H groups in total. The molecule has 0 atom stereocenters. The van der Waals surface area contributed by atoms with Gasteiger partial charge in [-0.25, -0.2) is 4.79 Å². The average molecular weight is 283 g/mol. The molecule has 0 unspecified atom stereocenters. The molecule has 1 aromatic heterocycles. The molecule has 1 aliphatic rings. The molecule has 0 saturated heterocycles. The fourth-order valence-corrected chi connectivity index (χ4v) is 1.99. The van der Waals surface area contributed by atoms with Crippen molar-refractivity contribution in [2.24, 2.45) is 0 Å². The number of halogens is 3. The normalized spacial score (nSPS) is 13.5. The van der Waals surface area contributed by atoms with Crippen LogP contribution in [0.3, 0.4) is 0 Å². The van der Waals surface area contributed by atoms with Gasteiger partial charge in [-0.05, 0) is 6.07 Å². The van der Waals surface area contributed by atoms with E-state index in [4.69, 9.17) is 19.2 Å². The highest BCUT2D eigenvalue weighted by Gasteiger charge is 2.38. The number of nitriles is 1. The third-order valence-electron chi connectivity index (χ3n) is 2.80. The third kappa shape index (κ3) is 1.67. The van der Waals surface area contributed by atoms with Crippen LogP contribution in [0.5, 0.6) is 11.5 Å². The molecule has 0 fully saturated rings. The molecule has 0 bridgehead atoms. The zero-order valence-electron chi connectivity index (χ0n) is 9.58. The van der Waals surface area contributed by atoms with Crippen LogP contribution in [0.15, 0.2) is 21.3 Å². The van der Waals surface area contributed by atoms with E-state index in [1.165, 1.54) is 6.07 Å². The van der Waals surface area contributed by atoms with Crippen molar-refractivity contribution in [2.45, 2.75) is 6.18 Å². The summed E-state index contributed by atoms with van der Waals surface area (Å²) in [5.41, 5.74) is -4.06. The molecule has 2 heterocycles. The van der Waals surface area contributed by atoms with Gasteiger partial charge in [-0.2, -0.15) is 18.4 Å². The van der Waals surface area contributed by atoms with Crippen molar-refractivity contribution in [3.05, 3.63) is 33.7 Å². The van der Waals surface area contributed by atoms with Gasteiger partial charge in [-0.15, -0.1) is 0 Å². The van der Waals surface area contributed by atoms with Gasteiger partial charge < -0.3 is 13.9 Å². The molecule has 0 radical (unpaired) electrons. The maximum absolute atomic E-state index is 13.1. The Kier molecular flexibility index (Phi) is 2.41. The number of nitrogens with zero attached hydrogens (tertiary/aromatic N) is 1. The Labute approximate surface area is 108 Å². The zero-order valence-corrected chi connectivity index (χ0v) is 9.58. The summed E-state index contributed by atoms with van der Waals surface area (Å²) in [6.07, 6.45) is -4.87. The summed E-state index contributed by atoms with van der Waals surface area (Å²) in [5, 5.41) is 8.33. The number of alkyl halides is 3. The minimum Gasteiger partial charge on any atom is -0.454 e. The Balaban J connectivity index is 2.49. The van der Waals surface area contributed by atoms with Crippen molar-refractivity contribution in [3.8, 4) is 17.6 Å². The fraction of sp³-hybridized carbons (Fsp3) is 0.167. The lowest BCUT2D eigenvalue weighted by atomic mass is 10.0. The molecule has 0 saturated carbocycles. The van der Waals surface area contributed by atoms with Gasteiger partial charge in [0.05, 0.1) is 5.56 Å². The standard InChI is InChI=1S/C12H4F3NO4/c13-12(14,15)10-5-1-8-9(19-4-18-8)2-7(5)20-11(17)6(10)3-16/h1-2H,4H2. The molecule has 1 aromatic carbocycles. The molecule has 3 rings (SSSR count). The molecular formula is C12H4F3NO4. The van der Waals surface area contributed by atoms with Gasteiger partial charge in [0.25, 0.3) is 0 Å². The molecule has 8 heteroatoms. The van der Waals surface area contributed by atoms with Crippen LogP contribution in [-0.2, 0) is 6.18 Å². The predicted octanol–water partition coefficient (Wildman–Crippen LogP) is 2.41. The molecular weight excluding hydrogens is 279 g/mol. The van der Waals surface area contributed by atoms with E-state index in [1.54, 1.807) is 0 Å². The van der Waals surface area contributed by atoms with Crippen molar-refractivity contribution in [3.63, 3.8) is 0 Å². The number of rotatable bonds is 0. The van der Waals surface area contributed by atoms with Crippen molar-refractivity contribution in [2.75, 3.05) is 6.79 Å². The molecule has 20 heavy (non-hydrogen) atoms. The molecule has 2 aromatic rings. The monoisotopic (exact) mass is 283 g/mol. The molecule has 102 valence electrons. The first-order valence-electron chi connectivity index (χ1n) is 5.29. The highest BCUT2D eigenvalue weighted by atomic mass is 19.4. The second-order valence-corrected chi connectivity index (χ2v) is 3.95. The SMILES string of the molecule is N#Cc1c(C(F)(F)F)c2cc3c(cc2oc1=O)OCO3. The first kappa shape index (κ1) is 12.3. The Bertz CT molecular complexity index is 817. The Morgan fingerprint density at radius 2 is 1.85 bits per heavy atom. The van der Waals surface area contributed by atoms with Crippen molar-refractivity contribution < 1.29 is 27.1 Å². The number of hydrogen-bond acceptors (Lipinski definition) is 5. The molecule has 0 amide bonds. The van der Waals surface area contributed by atoms with Gasteiger partial charge in [-0.3, -0.25) is 0 Å². The van der Waals surface area contributed by atoms with Crippen LogP contribution in [0, 0.1) is 11.3 Å². The lowest BCUT2D eigenvalue weighted by Gasteiger charge is -2.11. The van der Waals surface area contributed by atoms with E-state index in [-0.39, 0.29) is 23.9 Å². The first-order chi connectivity index (χ1) is 9.41. The van der Waals surface area contributed by atoms with Crippen molar-refractivity contribution in [1.29, 1.82) is 5.26 Å². The van der Waals surface area contributed by atoms with Crippen LogP contribution in [0.1, 0.15) is 11.1 Å². The van der Waals surface area contributed by atoms with Crippen molar-refractivity contribution in [1.82, 2.24) is 0 Å². The van der Waals surface area contributed by atoms with Crippen LogP contribution in [0.4, 0.5) is 13.2 Å². The van der Waals surface area contributed by atoms with E-state index in [0.717, 1.165) is 12.1 Å². The summed E-state index contributed by atoms with van der Waals surface area (Å²) in [6, 6.07) is 3.41. The summed E-state index contributed by atoms with van der Waals surface area (Å²) >= 11 is 0. The topological polar surface area (TPSA) is 72.5 Å². The maximum Gasteiger partial charge on any atom is 0.418 e. The lowest BCUT2D eigenvalue weighted by Crippen LogP contribution is -2.16. The third-order valence-corrected chi connectivity index (χ3v) is 2.80. The Morgan fingerprint density at radius 3 is 2.45 bits per heavy atom. The Morgan fingerprint density at radius 1 is 1.20 bits per heavy atom. The van der Waals surface area contributed by atoms with Gasteiger partial charge in [-0.1, -0.05) is 0 Å². The second-order valence-electron chi connectivity index (χ2n) is 3.95. The van der Waals surface area contributed by atoms with Crippen LogP contribution in [0.2, 0.25) is 0 Å². The second kappa shape index (κ2) is 3.90. The van der Waals surface area contributed by atoms with E-state index >= 15 is 0 Å². The minimum absolute atomic E-state index is 0.0979. The number of fused-ring (bicyclic) bond motifs is 2. The van der Waals surface area contributed by atoms with E-state index < -0.39 is 28.3 Å². The van der Waals surface area contributed by atoms with Gasteiger partial charge in [0, 0.05) is 11.5 Å². The summed E-state index contributed by atoms with van der Waals surface area (Å²) in [7, 11) is 0. The first-order valence-corrected chi connectivity index (χ1v) is 5.29. The smallest absolute Gasteiger partial charge is 0.418 e. The van der Waals surface area contributed by atoms with Gasteiger partial charge in [0.15, 0.2) is 17.1 Å². The lowest BCUT2D eigenvalue weighted by molar-refractivity contribution is -0.136. The highest BCUT2D eigenvalue weighted by molar-refractivity contribution is 5.86. The maximum atomic E-state index is 13.1. The van der Waals surface area contributed by atoms with E-state index in [9.17, 15) is 18.0 Å². The van der Waals surface area contributed by atoms with Gasteiger partial charge >= 0.3 is 11.8 Å². The molecule has 1 aliphatic heterocycles. The summed E-state index contributed by atoms with van der Waals surface area (Å²) in [5.74, 6) is 0.277. The van der Waals surface area contributed by atoms with Crippen LogP contribution < -0.4 is 15.1 Å². The summed E-state index contributed by atoms with van der Waals surface area (Å²) < 4.78 is 54.0. The summed E-state index contributed by atoms with van der Waals surface area (Å²) in [4.78, 5) is 11.5. The Hall–Kier alpha value is -2.69. The zero-order chi connectivity index (χ0) is 14.5. The molecule has 0 spiro atoms. The summed E-state index contributed by atoms with van der Waals surface area (Å²) in [6.45, 7) is -0.137. The van der Waals surface area contributed by atoms with E-state index in [2.05, 4.69) is 0 Å². The average Bonchev–Trinajstić information content (AvgIpc) is 2.80. The highest BCUT2D eigenvalue weighted by Crippen LogP contribution is 2.41. The molecule has 5 nitrogen and oxygen atoms in total. The van der Waals surface area contributed by atoms with Crippen molar-refractivity contribution >= 4 is 11.0 Å².